The number of rotatable bonds is 1. The van der Waals surface area contributed by atoms with Gasteiger partial charge in [0.2, 0.25) is 0 Å². The number of hydrogen-bond donors (Lipinski definition) is 0. The van der Waals surface area contributed by atoms with Crippen molar-refractivity contribution in [1.82, 2.24) is 0 Å². The van der Waals surface area contributed by atoms with E-state index < -0.39 is 12.1 Å². The molecule has 0 radical (unpaired) electrons. The second-order valence-corrected chi connectivity index (χ2v) is 2.20. The summed E-state index contributed by atoms with van der Waals surface area (Å²) in [5.74, 6) is -2.33. The second-order valence-electron chi connectivity index (χ2n) is 2.20. The first-order valence-electron chi connectivity index (χ1n) is 3.34. The fourth-order valence-corrected chi connectivity index (χ4v) is 0.653. The van der Waals surface area contributed by atoms with Crippen LogP contribution in [0.25, 0.3) is 0 Å². The lowest BCUT2D eigenvalue weighted by molar-refractivity contribution is -0.189. The van der Waals surface area contributed by atoms with Crippen molar-refractivity contribution in [2.45, 2.75) is 6.18 Å². The standard InChI is InChI=1S/C8H5F3O2/c9-8(10,11)7(12)13-6-4-2-1-3-5-6/h1-5H. The molecule has 0 heterocycles. The number of carbonyl (C=O) groups excluding carboxylic acids is 1. The summed E-state index contributed by atoms with van der Waals surface area (Å²) in [4.78, 5) is 10.3. The van der Waals surface area contributed by atoms with Gasteiger partial charge in [-0.15, -0.1) is 0 Å². The number of esters is 1. The number of alkyl halides is 3. The molecular weight excluding hydrogens is 185 g/mol. The minimum absolute atomic E-state index is 0.121. The lowest BCUT2D eigenvalue weighted by Gasteiger charge is -2.05. The first-order chi connectivity index (χ1) is 6.00. The Morgan fingerprint density at radius 2 is 1.69 bits per heavy atom. The minimum atomic E-state index is -4.95. The monoisotopic (exact) mass is 190 g/mol. The molecule has 0 saturated carbocycles. The molecule has 0 unspecified atom stereocenters. The molecule has 0 atom stereocenters. The molecule has 0 amide bonds. The summed E-state index contributed by atoms with van der Waals surface area (Å²) in [6.07, 6.45) is -4.95. The van der Waals surface area contributed by atoms with Crippen LogP contribution in [0.4, 0.5) is 13.2 Å². The second kappa shape index (κ2) is 3.47. The van der Waals surface area contributed by atoms with Crippen molar-refractivity contribution >= 4 is 5.97 Å². The van der Waals surface area contributed by atoms with Gasteiger partial charge >= 0.3 is 12.1 Å². The summed E-state index contributed by atoms with van der Waals surface area (Å²) in [6, 6.07) is 7.08. The Kier molecular flexibility index (Phi) is 2.55. The van der Waals surface area contributed by atoms with Crippen LogP contribution in [0, 0.1) is 0 Å². The lowest BCUT2D eigenvalue weighted by atomic mass is 10.3. The highest BCUT2D eigenvalue weighted by Crippen LogP contribution is 2.19. The number of para-hydroxylation sites is 1. The Bertz CT molecular complexity index is 292. The van der Waals surface area contributed by atoms with E-state index in [4.69, 9.17) is 0 Å². The zero-order valence-corrected chi connectivity index (χ0v) is 6.34. The molecule has 0 aliphatic rings. The van der Waals surface area contributed by atoms with Crippen LogP contribution in [0.3, 0.4) is 0 Å². The van der Waals surface area contributed by atoms with Crippen LogP contribution in [0.2, 0.25) is 0 Å². The summed E-state index contributed by atoms with van der Waals surface area (Å²) < 4.78 is 39.0. The molecule has 0 fully saturated rings. The van der Waals surface area contributed by atoms with Gasteiger partial charge in [0.1, 0.15) is 5.75 Å². The third-order valence-corrected chi connectivity index (χ3v) is 1.19. The molecule has 1 aromatic rings. The quantitative estimate of drug-likeness (QED) is 0.501. The largest absolute Gasteiger partial charge is 0.491 e. The van der Waals surface area contributed by atoms with E-state index in [0.717, 1.165) is 0 Å². The molecule has 0 bridgehead atoms. The SMILES string of the molecule is O=C(Oc1ccccc1)C(F)(F)F. The topological polar surface area (TPSA) is 26.3 Å². The Hall–Kier alpha value is -1.52. The predicted molar refractivity (Wildman–Crippen MR) is 38.1 cm³/mol. The lowest BCUT2D eigenvalue weighted by Crippen LogP contribution is -2.27. The van der Waals surface area contributed by atoms with Gasteiger partial charge in [-0.1, -0.05) is 18.2 Å². The van der Waals surface area contributed by atoms with Gasteiger partial charge in [0.25, 0.3) is 0 Å². The summed E-state index contributed by atoms with van der Waals surface area (Å²) in [6.45, 7) is 0. The zero-order valence-electron chi connectivity index (χ0n) is 6.34. The first kappa shape index (κ1) is 9.57. The summed E-state index contributed by atoms with van der Waals surface area (Å²) in [5.41, 5.74) is 0. The molecule has 0 N–H and O–H groups in total. The number of halogens is 3. The fraction of sp³-hybridized carbons (Fsp3) is 0.125. The van der Waals surface area contributed by atoms with E-state index in [1.165, 1.54) is 24.3 Å². The van der Waals surface area contributed by atoms with E-state index in [2.05, 4.69) is 4.74 Å². The molecule has 1 aromatic carbocycles. The number of hydrogen-bond acceptors (Lipinski definition) is 2. The van der Waals surface area contributed by atoms with Crippen LogP contribution in [0.5, 0.6) is 5.75 Å². The van der Waals surface area contributed by atoms with E-state index in [-0.39, 0.29) is 5.75 Å². The molecule has 0 aromatic heterocycles. The summed E-state index contributed by atoms with van der Waals surface area (Å²) >= 11 is 0. The van der Waals surface area contributed by atoms with Gasteiger partial charge in [0, 0.05) is 0 Å². The average molecular weight is 190 g/mol. The number of carbonyl (C=O) groups is 1. The van der Waals surface area contributed by atoms with Crippen molar-refractivity contribution in [3.8, 4) is 5.75 Å². The Labute approximate surface area is 71.9 Å². The first-order valence-corrected chi connectivity index (χ1v) is 3.34. The van der Waals surface area contributed by atoms with Crippen molar-refractivity contribution in [3.05, 3.63) is 30.3 Å². The van der Waals surface area contributed by atoms with Gasteiger partial charge in [0.15, 0.2) is 0 Å². The van der Waals surface area contributed by atoms with Crippen molar-refractivity contribution in [3.63, 3.8) is 0 Å². The molecule has 70 valence electrons. The maximum absolute atomic E-state index is 11.7. The number of benzene rings is 1. The van der Waals surface area contributed by atoms with Gasteiger partial charge in [-0.2, -0.15) is 13.2 Å². The van der Waals surface area contributed by atoms with Crippen LogP contribution >= 0.6 is 0 Å². The van der Waals surface area contributed by atoms with Crippen molar-refractivity contribution in [2.75, 3.05) is 0 Å². The molecule has 5 heteroatoms. The van der Waals surface area contributed by atoms with Gasteiger partial charge < -0.3 is 4.74 Å². The van der Waals surface area contributed by atoms with Crippen LogP contribution < -0.4 is 4.74 Å². The zero-order chi connectivity index (χ0) is 9.90. The van der Waals surface area contributed by atoms with Crippen LogP contribution in [-0.4, -0.2) is 12.1 Å². The summed E-state index contributed by atoms with van der Waals surface area (Å²) in [7, 11) is 0. The Morgan fingerprint density at radius 3 is 2.15 bits per heavy atom. The molecule has 2 nitrogen and oxygen atoms in total. The molecular formula is C8H5F3O2. The van der Waals surface area contributed by atoms with Gasteiger partial charge in [-0.05, 0) is 12.1 Å². The fourth-order valence-electron chi connectivity index (χ4n) is 0.653. The minimum Gasteiger partial charge on any atom is -0.420 e. The van der Waals surface area contributed by atoms with Gasteiger partial charge in [0.05, 0.1) is 0 Å². The van der Waals surface area contributed by atoms with Crippen LogP contribution in [-0.2, 0) is 4.79 Å². The third-order valence-electron chi connectivity index (χ3n) is 1.19. The van der Waals surface area contributed by atoms with Crippen molar-refractivity contribution in [1.29, 1.82) is 0 Å². The highest BCUT2D eigenvalue weighted by atomic mass is 19.4. The van der Waals surface area contributed by atoms with Gasteiger partial charge in [-0.3, -0.25) is 0 Å². The molecule has 0 aliphatic carbocycles. The van der Waals surface area contributed by atoms with E-state index in [0.29, 0.717) is 0 Å². The van der Waals surface area contributed by atoms with Crippen molar-refractivity contribution < 1.29 is 22.7 Å². The highest BCUT2D eigenvalue weighted by molar-refractivity contribution is 5.78. The molecule has 0 saturated heterocycles. The van der Waals surface area contributed by atoms with E-state index in [1.54, 1.807) is 6.07 Å². The predicted octanol–water partition coefficient (Wildman–Crippen LogP) is 2.15. The molecule has 1 rings (SSSR count). The van der Waals surface area contributed by atoms with E-state index in [1.807, 2.05) is 0 Å². The van der Waals surface area contributed by atoms with Gasteiger partial charge in [-0.25, -0.2) is 4.79 Å². The van der Waals surface area contributed by atoms with E-state index in [9.17, 15) is 18.0 Å². The normalized spacial score (nSPS) is 11.0. The van der Waals surface area contributed by atoms with Crippen molar-refractivity contribution in [2.24, 2.45) is 0 Å². The van der Waals surface area contributed by atoms with E-state index >= 15 is 0 Å². The highest BCUT2D eigenvalue weighted by Gasteiger charge is 2.41. The Morgan fingerprint density at radius 1 is 1.15 bits per heavy atom. The number of ether oxygens (including phenoxy) is 1. The molecule has 13 heavy (non-hydrogen) atoms. The smallest absolute Gasteiger partial charge is 0.420 e. The Balaban J connectivity index is 2.66. The third kappa shape index (κ3) is 2.77. The maximum atomic E-state index is 11.7. The molecule has 0 spiro atoms. The van der Waals surface area contributed by atoms with Crippen LogP contribution in [0.1, 0.15) is 0 Å². The maximum Gasteiger partial charge on any atom is 0.491 e. The molecule has 0 aliphatic heterocycles. The average Bonchev–Trinajstić information content (AvgIpc) is 2.04. The summed E-state index contributed by atoms with van der Waals surface area (Å²) in [5, 5.41) is 0. The van der Waals surface area contributed by atoms with Crippen LogP contribution in [0.15, 0.2) is 30.3 Å².